The Morgan fingerprint density at radius 2 is 2.29 bits per heavy atom. The number of amides is 1. The largest absolute Gasteiger partial charge is 0.466 e. The van der Waals surface area contributed by atoms with Crippen molar-refractivity contribution in [3.8, 4) is 9.88 Å². The first-order chi connectivity index (χ1) is 11.6. The van der Waals surface area contributed by atoms with Gasteiger partial charge in [-0.2, -0.15) is 0 Å². The molecule has 7 heteroatoms. The summed E-state index contributed by atoms with van der Waals surface area (Å²) in [5, 5.41) is 2.88. The van der Waals surface area contributed by atoms with E-state index in [4.69, 9.17) is 4.74 Å². The Labute approximate surface area is 149 Å². The average molecular weight is 364 g/mol. The van der Waals surface area contributed by atoms with Crippen LogP contribution in [0.15, 0.2) is 17.5 Å². The fourth-order valence-corrected chi connectivity index (χ4v) is 4.69. The van der Waals surface area contributed by atoms with Crippen molar-refractivity contribution in [2.45, 2.75) is 26.7 Å². The van der Waals surface area contributed by atoms with E-state index in [1.54, 1.807) is 23.2 Å². The summed E-state index contributed by atoms with van der Waals surface area (Å²) in [4.78, 5) is 32.9. The fraction of sp³-hybridized carbons (Fsp3) is 0.471. The maximum Gasteiger partial charge on any atom is 0.310 e. The standard InChI is InChI=1S/C17H20N2O3S2/c1-3-22-17(21)12-6-4-8-19(10-12)16(20)14-11(2)18-15(24-14)13-7-5-9-23-13/h5,7,9,12H,3-4,6,8,10H2,1-2H3/t12-/m0/s1. The minimum absolute atomic E-state index is 0.0261. The number of aromatic nitrogens is 1. The summed E-state index contributed by atoms with van der Waals surface area (Å²) in [7, 11) is 0. The Balaban J connectivity index is 1.75. The molecule has 1 amide bonds. The lowest BCUT2D eigenvalue weighted by atomic mass is 9.98. The van der Waals surface area contributed by atoms with Crippen LogP contribution in [-0.2, 0) is 9.53 Å². The van der Waals surface area contributed by atoms with Crippen molar-refractivity contribution in [2.75, 3.05) is 19.7 Å². The number of aryl methyl sites for hydroxylation is 1. The summed E-state index contributed by atoms with van der Waals surface area (Å²) >= 11 is 3.05. The van der Waals surface area contributed by atoms with Gasteiger partial charge >= 0.3 is 5.97 Å². The SMILES string of the molecule is CCOC(=O)[C@H]1CCCN(C(=O)c2sc(-c3cccs3)nc2C)C1. The lowest BCUT2D eigenvalue weighted by Gasteiger charge is -2.31. The van der Waals surface area contributed by atoms with Gasteiger partial charge in [0.25, 0.3) is 5.91 Å². The molecule has 0 radical (unpaired) electrons. The van der Waals surface area contributed by atoms with Crippen molar-refractivity contribution >= 4 is 34.6 Å². The number of ether oxygens (including phenoxy) is 1. The van der Waals surface area contributed by atoms with Gasteiger partial charge in [0.1, 0.15) is 9.88 Å². The third-order valence-electron chi connectivity index (χ3n) is 4.05. The van der Waals surface area contributed by atoms with E-state index in [0.29, 0.717) is 24.6 Å². The minimum atomic E-state index is -0.215. The highest BCUT2D eigenvalue weighted by Gasteiger charge is 2.31. The first-order valence-electron chi connectivity index (χ1n) is 8.07. The van der Waals surface area contributed by atoms with E-state index in [0.717, 1.165) is 28.4 Å². The number of thiazole rings is 1. The molecule has 2 aromatic heterocycles. The molecular formula is C17H20N2O3S2. The summed E-state index contributed by atoms with van der Waals surface area (Å²) in [5.74, 6) is -0.440. The summed E-state index contributed by atoms with van der Waals surface area (Å²) in [6.45, 7) is 5.16. The molecule has 5 nitrogen and oxygen atoms in total. The molecule has 1 fully saturated rings. The molecule has 128 valence electrons. The molecular weight excluding hydrogens is 344 g/mol. The van der Waals surface area contributed by atoms with Crippen LogP contribution in [0, 0.1) is 12.8 Å². The molecule has 1 atom stereocenters. The molecule has 1 aliphatic heterocycles. The van der Waals surface area contributed by atoms with Gasteiger partial charge in [-0.3, -0.25) is 9.59 Å². The van der Waals surface area contributed by atoms with Crippen LogP contribution in [0.5, 0.6) is 0 Å². The first kappa shape index (κ1) is 17.1. The molecule has 1 saturated heterocycles. The summed E-state index contributed by atoms with van der Waals surface area (Å²) in [5.41, 5.74) is 0.756. The molecule has 0 saturated carbocycles. The molecule has 3 heterocycles. The summed E-state index contributed by atoms with van der Waals surface area (Å²) in [6, 6.07) is 3.99. The highest BCUT2D eigenvalue weighted by molar-refractivity contribution is 7.22. The predicted octanol–water partition coefficient (Wildman–Crippen LogP) is 3.60. The van der Waals surface area contributed by atoms with Gasteiger partial charge in [0.2, 0.25) is 0 Å². The van der Waals surface area contributed by atoms with E-state index >= 15 is 0 Å². The van der Waals surface area contributed by atoms with Gasteiger partial charge < -0.3 is 9.64 Å². The number of rotatable bonds is 4. The van der Waals surface area contributed by atoms with Gasteiger partial charge in [-0.1, -0.05) is 6.07 Å². The smallest absolute Gasteiger partial charge is 0.310 e. The van der Waals surface area contributed by atoms with E-state index in [1.807, 2.05) is 24.4 Å². The van der Waals surface area contributed by atoms with Crippen LogP contribution >= 0.6 is 22.7 Å². The van der Waals surface area contributed by atoms with Gasteiger partial charge in [-0.25, -0.2) is 4.98 Å². The lowest BCUT2D eigenvalue weighted by molar-refractivity contribution is -0.149. The Hall–Kier alpha value is -1.73. The fourth-order valence-electron chi connectivity index (χ4n) is 2.86. The third kappa shape index (κ3) is 3.52. The molecule has 0 aromatic carbocycles. The molecule has 0 unspecified atom stereocenters. The molecule has 3 rings (SSSR count). The van der Waals surface area contributed by atoms with E-state index in [2.05, 4.69) is 4.98 Å². The number of esters is 1. The molecule has 1 aliphatic rings. The Kier molecular flexibility index (Phi) is 5.30. The number of carbonyl (C=O) groups is 2. The second-order valence-corrected chi connectivity index (χ2v) is 7.70. The maximum absolute atomic E-state index is 12.9. The van der Waals surface area contributed by atoms with Crippen molar-refractivity contribution in [1.82, 2.24) is 9.88 Å². The molecule has 0 aliphatic carbocycles. The molecule has 24 heavy (non-hydrogen) atoms. The third-order valence-corrected chi connectivity index (χ3v) is 6.24. The zero-order valence-electron chi connectivity index (χ0n) is 13.8. The van der Waals surface area contributed by atoms with Crippen LogP contribution in [0.1, 0.15) is 35.1 Å². The Bertz CT molecular complexity index is 724. The number of piperidine rings is 1. The van der Waals surface area contributed by atoms with Gasteiger partial charge in [0, 0.05) is 13.1 Å². The normalized spacial score (nSPS) is 17.8. The Morgan fingerprint density at radius 1 is 1.46 bits per heavy atom. The van der Waals surface area contributed by atoms with Crippen molar-refractivity contribution in [2.24, 2.45) is 5.92 Å². The van der Waals surface area contributed by atoms with Crippen LogP contribution in [0.4, 0.5) is 0 Å². The second-order valence-electron chi connectivity index (χ2n) is 5.75. The topological polar surface area (TPSA) is 59.5 Å². The quantitative estimate of drug-likeness (QED) is 0.778. The van der Waals surface area contributed by atoms with Crippen LogP contribution in [0.2, 0.25) is 0 Å². The Morgan fingerprint density at radius 3 is 3.00 bits per heavy atom. The monoisotopic (exact) mass is 364 g/mol. The van der Waals surface area contributed by atoms with E-state index in [1.165, 1.54) is 11.3 Å². The minimum Gasteiger partial charge on any atom is -0.466 e. The number of hydrogen-bond acceptors (Lipinski definition) is 6. The molecule has 0 N–H and O–H groups in total. The van der Waals surface area contributed by atoms with Gasteiger partial charge in [0.05, 0.1) is 23.1 Å². The number of likely N-dealkylation sites (tertiary alicyclic amines) is 1. The predicted molar refractivity (Wildman–Crippen MR) is 95.4 cm³/mol. The number of hydrogen-bond donors (Lipinski definition) is 0. The van der Waals surface area contributed by atoms with Crippen LogP contribution < -0.4 is 0 Å². The molecule has 0 bridgehead atoms. The highest BCUT2D eigenvalue weighted by atomic mass is 32.1. The van der Waals surface area contributed by atoms with E-state index < -0.39 is 0 Å². The van der Waals surface area contributed by atoms with Gasteiger partial charge in [-0.05, 0) is 38.1 Å². The number of nitrogens with zero attached hydrogens (tertiary/aromatic N) is 2. The van der Waals surface area contributed by atoms with Gasteiger partial charge in [0.15, 0.2) is 0 Å². The number of thiophene rings is 1. The van der Waals surface area contributed by atoms with Crippen LogP contribution in [0.25, 0.3) is 9.88 Å². The zero-order chi connectivity index (χ0) is 17.1. The first-order valence-corrected chi connectivity index (χ1v) is 9.77. The second kappa shape index (κ2) is 7.44. The maximum atomic E-state index is 12.9. The van der Waals surface area contributed by atoms with Crippen molar-refractivity contribution in [3.63, 3.8) is 0 Å². The highest BCUT2D eigenvalue weighted by Crippen LogP contribution is 2.32. The average Bonchev–Trinajstić information content (AvgIpc) is 3.24. The van der Waals surface area contributed by atoms with Crippen LogP contribution in [-0.4, -0.2) is 41.5 Å². The van der Waals surface area contributed by atoms with Crippen LogP contribution in [0.3, 0.4) is 0 Å². The lowest BCUT2D eigenvalue weighted by Crippen LogP contribution is -2.42. The van der Waals surface area contributed by atoms with Crippen molar-refractivity contribution < 1.29 is 14.3 Å². The zero-order valence-corrected chi connectivity index (χ0v) is 15.4. The van der Waals surface area contributed by atoms with Crippen molar-refractivity contribution in [1.29, 1.82) is 0 Å². The van der Waals surface area contributed by atoms with E-state index in [9.17, 15) is 9.59 Å². The van der Waals surface area contributed by atoms with Crippen molar-refractivity contribution in [3.05, 3.63) is 28.1 Å². The summed E-state index contributed by atoms with van der Waals surface area (Å²) < 4.78 is 5.11. The molecule has 2 aromatic rings. The van der Waals surface area contributed by atoms with E-state index in [-0.39, 0.29) is 17.8 Å². The summed E-state index contributed by atoms with van der Waals surface area (Å²) in [6.07, 6.45) is 1.61. The molecule has 0 spiro atoms. The number of carbonyl (C=O) groups excluding carboxylic acids is 2. The van der Waals surface area contributed by atoms with Gasteiger partial charge in [-0.15, -0.1) is 22.7 Å².